The average molecular weight is 394 g/mol. The number of carbonyl (C=O) groups is 2. The molecule has 0 saturated carbocycles. The molecule has 1 amide bonds. The Morgan fingerprint density at radius 3 is 2.31 bits per heavy atom. The summed E-state index contributed by atoms with van der Waals surface area (Å²) in [5, 5.41) is 0. The molecule has 29 heavy (non-hydrogen) atoms. The summed E-state index contributed by atoms with van der Waals surface area (Å²) >= 11 is 0. The van der Waals surface area contributed by atoms with Gasteiger partial charge in [0.15, 0.2) is 12.6 Å². The highest BCUT2D eigenvalue weighted by molar-refractivity contribution is 5.79. The van der Waals surface area contributed by atoms with Gasteiger partial charge in [0, 0.05) is 43.9 Å². The van der Waals surface area contributed by atoms with E-state index >= 15 is 0 Å². The molecule has 1 fully saturated rings. The number of rotatable bonds is 4. The summed E-state index contributed by atoms with van der Waals surface area (Å²) in [5.74, 6) is -0.128. The molecule has 1 N–H and O–H groups in total. The molecule has 2 aromatic rings. The van der Waals surface area contributed by atoms with E-state index in [1.54, 1.807) is 0 Å². The lowest BCUT2D eigenvalue weighted by Gasteiger charge is -2.37. The van der Waals surface area contributed by atoms with Crippen LogP contribution in [0.5, 0.6) is 0 Å². The molecule has 0 radical (unpaired) electrons. The van der Waals surface area contributed by atoms with Crippen LogP contribution in [0.25, 0.3) is 0 Å². The van der Waals surface area contributed by atoms with Crippen molar-refractivity contribution in [3.05, 3.63) is 65.7 Å². The number of carbonyl (C=O) groups excluding carboxylic acids is 2. The third-order valence-corrected chi connectivity index (χ3v) is 6.07. The van der Waals surface area contributed by atoms with Gasteiger partial charge in [-0.15, -0.1) is 0 Å². The summed E-state index contributed by atoms with van der Waals surface area (Å²) in [4.78, 5) is 30.6. The van der Waals surface area contributed by atoms with Crippen molar-refractivity contribution in [2.45, 2.75) is 19.0 Å². The molecule has 0 bridgehead atoms. The zero-order valence-electron chi connectivity index (χ0n) is 16.8. The molecule has 0 aromatic heterocycles. The molecule has 2 aliphatic rings. The minimum atomic E-state index is -0.329. The summed E-state index contributed by atoms with van der Waals surface area (Å²) in [5.41, 5.74) is 3.59. The lowest BCUT2D eigenvalue weighted by Crippen LogP contribution is -3.17. The van der Waals surface area contributed by atoms with Gasteiger partial charge in [0.2, 0.25) is 0 Å². The second kappa shape index (κ2) is 8.66. The number of para-hydroxylation sites is 1. The molecule has 6 heteroatoms. The van der Waals surface area contributed by atoms with Gasteiger partial charge in [-0.2, -0.15) is 0 Å². The van der Waals surface area contributed by atoms with E-state index in [9.17, 15) is 9.59 Å². The topological polar surface area (TPSA) is 54.3 Å². The second-order valence-corrected chi connectivity index (χ2v) is 7.76. The van der Waals surface area contributed by atoms with Crippen LogP contribution in [0.4, 0.5) is 5.69 Å². The van der Waals surface area contributed by atoms with Crippen LogP contribution < -0.4 is 9.80 Å². The zero-order chi connectivity index (χ0) is 20.2. The number of quaternary nitrogens is 1. The van der Waals surface area contributed by atoms with Crippen molar-refractivity contribution < 1.29 is 19.2 Å². The first-order valence-corrected chi connectivity index (χ1v) is 10.2. The van der Waals surface area contributed by atoms with Gasteiger partial charge in [0.05, 0.1) is 7.11 Å². The van der Waals surface area contributed by atoms with E-state index in [1.165, 1.54) is 23.9 Å². The van der Waals surface area contributed by atoms with E-state index in [4.69, 9.17) is 4.74 Å². The quantitative estimate of drug-likeness (QED) is 0.769. The first kappa shape index (κ1) is 19.5. The Morgan fingerprint density at radius 2 is 1.62 bits per heavy atom. The molecular formula is C23H28N3O3+. The summed E-state index contributed by atoms with van der Waals surface area (Å²) < 4.78 is 5.03. The summed E-state index contributed by atoms with van der Waals surface area (Å²) in [6, 6.07) is 18.1. The monoisotopic (exact) mass is 394 g/mol. The number of anilines is 1. The Balaban J connectivity index is 1.40. The molecule has 0 spiro atoms. The molecule has 1 saturated heterocycles. The van der Waals surface area contributed by atoms with Crippen LogP contribution in [0.15, 0.2) is 54.6 Å². The zero-order valence-corrected chi connectivity index (χ0v) is 16.8. The number of amides is 1. The molecule has 4 rings (SSSR count). The van der Waals surface area contributed by atoms with E-state index in [2.05, 4.69) is 29.2 Å². The lowest BCUT2D eigenvalue weighted by atomic mass is 9.94. The Morgan fingerprint density at radius 1 is 0.966 bits per heavy atom. The number of hydrogen-bond donors (Lipinski definition) is 1. The third-order valence-electron chi connectivity index (χ3n) is 6.07. The van der Waals surface area contributed by atoms with Crippen LogP contribution in [0, 0.1) is 0 Å². The van der Waals surface area contributed by atoms with Crippen LogP contribution in [0.1, 0.15) is 11.1 Å². The Kier molecular flexibility index (Phi) is 5.81. The highest BCUT2D eigenvalue weighted by Crippen LogP contribution is 2.16. The van der Waals surface area contributed by atoms with Crippen LogP contribution in [-0.4, -0.2) is 62.7 Å². The van der Waals surface area contributed by atoms with Crippen LogP contribution in [0.2, 0.25) is 0 Å². The Hall–Kier alpha value is -2.86. The molecule has 1 unspecified atom stereocenters. The van der Waals surface area contributed by atoms with E-state index in [-0.39, 0.29) is 17.9 Å². The maximum Gasteiger partial charge on any atom is 0.365 e. The van der Waals surface area contributed by atoms with Gasteiger partial charge in [0.25, 0.3) is 5.91 Å². The molecular weight excluding hydrogens is 366 g/mol. The van der Waals surface area contributed by atoms with Crippen LogP contribution >= 0.6 is 0 Å². The molecule has 6 nitrogen and oxygen atoms in total. The van der Waals surface area contributed by atoms with Gasteiger partial charge in [-0.05, 0) is 17.7 Å². The van der Waals surface area contributed by atoms with Gasteiger partial charge < -0.3 is 19.4 Å². The predicted molar refractivity (Wildman–Crippen MR) is 111 cm³/mol. The standard InChI is InChI=1S/C23H27N3O3/c1-29-23(28)21-15-18-7-5-6-8-19(18)16-26(21)17-22(27)25-13-11-24(12-14-25)20-9-3-2-4-10-20/h2-10,21H,11-17H2,1H3/p+1/t21-/m1/s1. The first-order chi connectivity index (χ1) is 14.2. The summed E-state index contributed by atoms with van der Waals surface area (Å²) in [6.45, 7) is 4.06. The van der Waals surface area contributed by atoms with E-state index in [0.717, 1.165) is 18.0 Å². The van der Waals surface area contributed by atoms with Crippen LogP contribution in [-0.2, 0) is 27.3 Å². The Labute approximate surface area is 171 Å². The number of ether oxygens (including phenoxy) is 1. The van der Waals surface area contributed by atoms with Crippen LogP contribution in [0.3, 0.4) is 0 Å². The van der Waals surface area contributed by atoms with Gasteiger partial charge >= 0.3 is 5.97 Å². The first-order valence-electron chi connectivity index (χ1n) is 10.2. The maximum atomic E-state index is 13.0. The highest BCUT2D eigenvalue weighted by atomic mass is 16.5. The van der Waals surface area contributed by atoms with Crippen molar-refractivity contribution in [2.75, 3.05) is 44.7 Å². The molecule has 2 atom stereocenters. The van der Waals surface area contributed by atoms with Crippen molar-refractivity contribution in [1.82, 2.24) is 4.90 Å². The number of fused-ring (bicyclic) bond motifs is 1. The van der Waals surface area contributed by atoms with Gasteiger partial charge in [-0.1, -0.05) is 42.5 Å². The van der Waals surface area contributed by atoms with Crippen molar-refractivity contribution in [2.24, 2.45) is 0 Å². The number of esters is 1. The smallest absolute Gasteiger partial charge is 0.365 e. The fraction of sp³-hybridized carbons (Fsp3) is 0.391. The van der Waals surface area contributed by atoms with Gasteiger partial charge in [0.1, 0.15) is 6.54 Å². The van der Waals surface area contributed by atoms with Gasteiger partial charge in [-0.25, -0.2) is 4.79 Å². The SMILES string of the molecule is COC(=O)[C@H]1Cc2ccccc2C[NH+]1CC(=O)N1CCN(c2ccccc2)CC1. The minimum absolute atomic E-state index is 0.112. The molecule has 2 aromatic carbocycles. The lowest BCUT2D eigenvalue weighted by molar-refractivity contribution is -0.925. The number of hydrogen-bond acceptors (Lipinski definition) is 4. The predicted octanol–water partition coefficient (Wildman–Crippen LogP) is 0.518. The number of piperazine rings is 1. The van der Waals surface area contributed by atoms with E-state index < -0.39 is 0 Å². The maximum absolute atomic E-state index is 13.0. The van der Waals surface area contributed by atoms with E-state index in [0.29, 0.717) is 32.6 Å². The van der Waals surface area contributed by atoms with Crippen molar-refractivity contribution >= 4 is 17.6 Å². The Bertz CT molecular complexity index is 863. The largest absolute Gasteiger partial charge is 0.465 e. The number of nitrogens with one attached hydrogen (secondary N) is 1. The number of methoxy groups -OCH3 is 1. The van der Waals surface area contributed by atoms with Gasteiger partial charge in [-0.3, -0.25) is 4.79 Å². The number of benzene rings is 2. The average Bonchev–Trinajstić information content (AvgIpc) is 2.78. The van der Waals surface area contributed by atoms with E-state index in [1.807, 2.05) is 35.2 Å². The molecule has 0 aliphatic carbocycles. The summed E-state index contributed by atoms with van der Waals surface area (Å²) in [6.07, 6.45) is 0.618. The summed E-state index contributed by atoms with van der Waals surface area (Å²) in [7, 11) is 1.42. The van der Waals surface area contributed by atoms with Crippen molar-refractivity contribution in [1.29, 1.82) is 0 Å². The number of nitrogens with zero attached hydrogens (tertiary/aromatic N) is 2. The van der Waals surface area contributed by atoms with Crippen molar-refractivity contribution in [3.8, 4) is 0 Å². The highest BCUT2D eigenvalue weighted by Gasteiger charge is 2.38. The molecule has 152 valence electrons. The fourth-order valence-electron chi connectivity index (χ4n) is 4.40. The normalized spacial score (nSPS) is 21.4. The second-order valence-electron chi connectivity index (χ2n) is 7.76. The molecule has 2 heterocycles. The molecule has 2 aliphatic heterocycles. The fourth-order valence-corrected chi connectivity index (χ4v) is 4.40. The third kappa shape index (κ3) is 4.27. The minimum Gasteiger partial charge on any atom is -0.465 e. The van der Waals surface area contributed by atoms with Crippen molar-refractivity contribution in [3.63, 3.8) is 0 Å².